The molecular formula is C16H23Cl2N5O. The quantitative estimate of drug-likeness (QED) is 0.812. The third-order valence-electron chi connectivity index (χ3n) is 3.25. The van der Waals surface area contributed by atoms with Gasteiger partial charge in [-0.15, -0.1) is 24.8 Å². The Morgan fingerprint density at radius 2 is 1.88 bits per heavy atom. The maximum Gasteiger partial charge on any atom is 0.257 e. The molecular weight excluding hydrogens is 349 g/mol. The summed E-state index contributed by atoms with van der Waals surface area (Å²) in [5.74, 6) is 1.08. The van der Waals surface area contributed by atoms with E-state index >= 15 is 0 Å². The summed E-state index contributed by atoms with van der Waals surface area (Å²) >= 11 is 0. The number of aromatic nitrogens is 2. The number of hydrogen-bond donors (Lipinski definition) is 2. The lowest BCUT2D eigenvalue weighted by Crippen LogP contribution is -2.24. The molecule has 0 radical (unpaired) electrons. The summed E-state index contributed by atoms with van der Waals surface area (Å²) in [6.07, 6.45) is 4.17. The zero-order valence-electron chi connectivity index (χ0n) is 13.7. The number of pyridine rings is 2. The second-order valence-electron chi connectivity index (χ2n) is 4.91. The Hall–Kier alpha value is -2.05. The van der Waals surface area contributed by atoms with Gasteiger partial charge in [-0.25, -0.2) is 9.97 Å². The minimum absolute atomic E-state index is 0. The molecule has 0 bridgehead atoms. The van der Waals surface area contributed by atoms with E-state index in [2.05, 4.69) is 34.0 Å². The monoisotopic (exact) mass is 371 g/mol. The number of nitrogen functional groups attached to an aromatic ring is 1. The maximum atomic E-state index is 12.2. The third kappa shape index (κ3) is 5.86. The molecule has 0 spiro atoms. The summed E-state index contributed by atoms with van der Waals surface area (Å²) < 4.78 is 0. The van der Waals surface area contributed by atoms with Crippen molar-refractivity contribution < 1.29 is 4.79 Å². The molecule has 24 heavy (non-hydrogen) atoms. The Morgan fingerprint density at radius 1 is 1.12 bits per heavy atom. The molecule has 3 N–H and O–H groups in total. The fraction of sp³-hybridized carbons (Fsp3) is 0.312. The van der Waals surface area contributed by atoms with Crippen molar-refractivity contribution in [3.8, 4) is 0 Å². The van der Waals surface area contributed by atoms with E-state index in [1.54, 1.807) is 24.4 Å². The van der Waals surface area contributed by atoms with Gasteiger partial charge in [0.05, 0.1) is 17.4 Å². The average molecular weight is 372 g/mol. The number of carbonyl (C=O) groups excluding carboxylic acids is 1. The molecule has 2 aromatic heterocycles. The average Bonchev–Trinajstić information content (AvgIpc) is 2.55. The van der Waals surface area contributed by atoms with Crippen molar-refractivity contribution in [2.24, 2.45) is 0 Å². The lowest BCUT2D eigenvalue weighted by Gasteiger charge is -2.21. The van der Waals surface area contributed by atoms with Crippen molar-refractivity contribution in [1.29, 1.82) is 0 Å². The molecule has 1 amide bonds. The first-order valence-electron chi connectivity index (χ1n) is 7.38. The standard InChI is InChI=1S/C16H21N5O.2ClH/c1-3-9-21(4-2)15-8-5-12(10-19-15)16(22)20-13-6-7-14(17)18-11-13;;/h5-8,10-11H,3-4,9H2,1-2H3,(H2,17,18)(H,20,22);2*1H. The predicted molar refractivity (Wildman–Crippen MR) is 104 cm³/mol. The topological polar surface area (TPSA) is 84.1 Å². The van der Waals surface area contributed by atoms with Crippen LogP contribution in [0.2, 0.25) is 0 Å². The molecule has 0 atom stereocenters. The van der Waals surface area contributed by atoms with Gasteiger partial charge in [-0.1, -0.05) is 6.92 Å². The van der Waals surface area contributed by atoms with E-state index in [9.17, 15) is 4.79 Å². The highest BCUT2D eigenvalue weighted by Crippen LogP contribution is 2.13. The number of rotatable bonds is 6. The minimum atomic E-state index is -0.218. The molecule has 6 nitrogen and oxygen atoms in total. The van der Waals surface area contributed by atoms with E-state index in [4.69, 9.17) is 5.73 Å². The van der Waals surface area contributed by atoms with Crippen molar-refractivity contribution >= 4 is 48.0 Å². The van der Waals surface area contributed by atoms with E-state index in [0.29, 0.717) is 17.1 Å². The molecule has 132 valence electrons. The van der Waals surface area contributed by atoms with Crippen LogP contribution in [0.4, 0.5) is 17.3 Å². The van der Waals surface area contributed by atoms with Gasteiger partial charge in [-0.3, -0.25) is 4.79 Å². The van der Waals surface area contributed by atoms with Gasteiger partial charge in [0.25, 0.3) is 5.91 Å². The van der Waals surface area contributed by atoms with Crippen LogP contribution < -0.4 is 16.0 Å². The molecule has 0 unspecified atom stereocenters. The van der Waals surface area contributed by atoms with Crippen LogP contribution in [0.5, 0.6) is 0 Å². The largest absolute Gasteiger partial charge is 0.384 e. The summed E-state index contributed by atoms with van der Waals surface area (Å²) in [5.41, 5.74) is 6.62. The van der Waals surface area contributed by atoms with E-state index in [-0.39, 0.29) is 30.7 Å². The molecule has 0 saturated carbocycles. The van der Waals surface area contributed by atoms with Crippen molar-refractivity contribution in [2.45, 2.75) is 20.3 Å². The van der Waals surface area contributed by atoms with E-state index in [1.165, 1.54) is 6.20 Å². The Kier molecular flexibility index (Phi) is 9.76. The van der Waals surface area contributed by atoms with Gasteiger partial charge in [0.2, 0.25) is 0 Å². The zero-order chi connectivity index (χ0) is 15.9. The molecule has 2 rings (SSSR count). The number of anilines is 3. The fourth-order valence-electron chi connectivity index (χ4n) is 2.09. The second kappa shape index (κ2) is 10.7. The Morgan fingerprint density at radius 3 is 2.38 bits per heavy atom. The summed E-state index contributed by atoms with van der Waals surface area (Å²) in [7, 11) is 0. The fourth-order valence-corrected chi connectivity index (χ4v) is 2.09. The number of nitrogens with two attached hydrogens (primary N) is 1. The number of nitrogens with one attached hydrogen (secondary N) is 1. The molecule has 0 aliphatic carbocycles. The summed E-state index contributed by atoms with van der Waals surface area (Å²) in [4.78, 5) is 22.6. The van der Waals surface area contributed by atoms with Crippen LogP contribution in [0.3, 0.4) is 0 Å². The maximum absolute atomic E-state index is 12.2. The molecule has 2 aromatic rings. The minimum Gasteiger partial charge on any atom is -0.384 e. The highest BCUT2D eigenvalue weighted by molar-refractivity contribution is 6.04. The number of hydrogen-bond acceptors (Lipinski definition) is 5. The van der Waals surface area contributed by atoms with Crippen molar-refractivity contribution in [2.75, 3.05) is 29.0 Å². The summed E-state index contributed by atoms with van der Waals surface area (Å²) in [6, 6.07) is 7.00. The number of carbonyl (C=O) groups is 1. The smallest absolute Gasteiger partial charge is 0.257 e. The number of halogens is 2. The van der Waals surface area contributed by atoms with Crippen LogP contribution in [-0.4, -0.2) is 29.0 Å². The van der Waals surface area contributed by atoms with Gasteiger partial charge in [0, 0.05) is 19.3 Å². The van der Waals surface area contributed by atoms with Crippen LogP contribution in [0.15, 0.2) is 36.7 Å². The number of nitrogens with zero attached hydrogens (tertiary/aromatic N) is 3. The Bertz CT molecular complexity index is 619. The van der Waals surface area contributed by atoms with Crippen LogP contribution in [0, 0.1) is 0 Å². The molecule has 0 aromatic carbocycles. The SMILES string of the molecule is CCCN(CC)c1ccc(C(=O)Nc2ccc(N)nc2)cn1.Cl.Cl. The Labute approximate surface area is 154 Å². The van der Waals surface area contributed by atoms with E-state index in [1.807, 2.05) is 6.07 Å². The molecule has 0 saturated heterocycles. The second-order valence-corrected chi connectivity index (χ2v) is 4.91. The lowest BCUT2D eigenvalue weighted by atomic mass is 10.2. The number of amides is 1. The Balaban J connectivity index is 0.00000264. The summed E-state index contributed by atoms with van der Waals surface area (Å²) in [5, 5.41) is 2.76. The van der Waals surface area contributed by atoms with E-state index in [0.717, 1.165) is 25.3 Å². The highest BCUT2D eigenvalue weighted by atomic mass is 35.5. The summed E-state index contributed by atoms with van der Waals surface area (Å²) in [6.45, 7) is 6.06. The van der Waals surface area contributed by atoms with Gasteiger partial charge in [0.1, 0.15) is 11.6 Å². The molecule has 0 aliphatic rings. The van der Waals surface area contributed by atoms with Crippen molar-refractivity contribution in [1.82, 2.24) is 9.97 Å². The highest BCUT2D eigenvalue weighted by Gasteiger charge is 2.09. The lowest BCUT2D eigenvalue weighted by molar-refractivity contribution is 0.102. The van der Waals surface area contributed by atoms with Crippen LogP contribution >= 0.6 is 24.8 Å². The van der Waals surface area contributed by atoms with Crippen LogP contribution in [0.25, 0.3) is 0 Å². The first kappa shape index (κ1) is 21.9. The van der Waals surface area contributed by atoms with Gasteiger partial charge in [-0.05, 0) is 37.6 Å². The zero-order valence-corrected chi connectivity index (χ0v) is 15.4. The van der Waals surface area contributed by atoms with Gasteiger partial charge >= 0.3 is 0 Å². The van der Waals surface area contributed by atoms with Gasteiger partial charge in [-0.2, -0.15) is 0 Å². The normalized spacial score (nSPS) is 9.42. The van der Waals surface area contributed by atoms with Gasteiger partial charge in [0.15, 0.2) is 0 Å². The van der Waals surface area contributed by atoms with Gasteiger partial charge < -0.3 is 16.0 Å². The van der Waals surface area contributed by atoms with Crippen LogP contribution in [0.1, 0.15) is 30.6 Å². The van der Waals surface area contributed by atoms with Crippen molar-refractivity contribution in [3.05, 3.63) is 42.2 Å². The molecule has 8 heteroatoms. The van der Waals surface area contributed by atoms with Crippen LogP contribution in [-0.2, 0) is 0 Å². The molecule has 0 fully saturated rings. The first-order valence-corrected chi connectivity index (χ1v) is 7.38. The molecule has 2 heterocycles. The first-order chi connectivity index (χ1) is 10.6. The predicted octanol–water partition coefficient (Wildman–Crippen LogP) is 3.39. The third-order valence-corrected chi connectivity index (χ3v) is 3.25. The van der Waals surface area contributed by atoms with Crippen molar-refractivity contribution in [3.63, 3.8) is 0 Å². The van der Waals surface area contributed by atoms with E-state index < -0.39 is 0 Å². The molecule has 0 aliphatic heterocycles.